The second-order valence-electron chi connectivity index (χ2n) is 4.56. The Kier molecular flexibility index (Phi) is 5.40. The smallest absolute Gasteiger partial charge is 0.236 e. The van der Waals surface area contributed by atoms with Crippen molar-refractivity contribution in [3.63, 3.8) is 0 Å². The Bertz CT molecular complexity index is 312. The van der Waals surface area contributed by atoms with Crippen molar-refractivity contribution in [1.82, 2.24) is 4.90 Å². The van der Waals surface area contributed by atoms with Crippen LogP contribution in [0.5, 0.6) is 0 Å². The van der Waals surface area contributed by atoms with E-state index >= 15 is 0 Å². The van der Waals surface area contributed by atoms with Gasteiger partial charge in [0.2, 0.25) is 5.91 Å². The summed E-state index contributed by atoms with van der Waals surface area (Å²) >= 11 is 0. The Morgan fingerprint density at radius 2 is 2.06 bits per heavy atom. The summed E-state index contributed by atoms with van der Waals surface area (Å²) < 4.78 is 5.28. The zero-order valence-electron chi connectivity index (χ0n) is 11.2. The first-order valence-electron chi connectivity index (χ1n) is 6.47. The quantitative estimate of drug-likeness (QED) is 0.330. The maximum absolute atomic E-state index is 12.6. The third-order valence-corrected chi connectivity index (χ3v) is 3.52. The second kappa shape index (κ2) is 6.58. The molecule has 3 N–H and O–H groups in total. The summed E-state index contributed by atoms with van der Waals surface area (Å²) in [5.74, 6) is -0.0456. The van der Waals surface area contributed by atoms with Gasteiger partial charge < -0.3 is 20.6 Å². The van der Waals surface area contributed by atoms with Gasteiger partial charge in [0.1, 0.15) is 5.41 Å². The van der Waals surface area contributed by atoms with Gasteiger partial charge in [-0.15, -0.1) is 0 Å². The highest BCUT2D eigenvalue weighted by Crippen LogP contribution is 2.33. The van der Waals surface area contributed by atoms with Gasteiger partial charge in [-0.3, -0.25) is 4.79 Å². The number of amidine groups is 1. The molecule has 1 fully saturated rings. The first-order valence-corrected chi connectivity index (χ1v) is 6.47. The lowest BCUT2D eigenvalue weighted by atomic mass is 9.77. The molecule has 1 amide bonds. The van der Waals surface area contributed by atoms with Crippen molar-refractivity contribution < 1.29 is 14.7 Å². The van der Waals surface area contributed by atoms with Crippen LogP contribution in [0.1, 0.15) is 33.1 Å². The van der Waals surface area contributed by atoms with Gasteiger partial charge >= 0.3 is 0 Å². The van der Waals surface area contributed by atoms with Crippen molar-refractivity contribution in [3.8, 4) is 0 Å². The minimum absolute atomic E-state index is 0.00496. The first-order chi connectivity index (χ1) is 8.62. The number of rotatable bonds is 5. The molecule has 0 aliphatic carbocycles. The number of nitrogens with two attached hydrogens (primary N) is 1. The van der Waals surface area contributed by atoms with Crippen LogP contribution < -0.4 is 5.73 Å². The van der Waals surface area contributed by atoms with Crippen LogP contribution in [-0.2, 0) is 9.53 Å². The van der Waals surface area contributed by atoms with E-state index < -0.39 is 5.41 Å². The molecule has 1 aliphatic heterocycles. The molecule has 1 aliphatic rings. The second-order valence-corrected chi connectivity index (χ2v) is 4.56. The molecule has 0 saturated carbocycles. The highest BCUT2D eigenvalue weighted by molar-refractivity contribution is 6.06. The highest BCUT2D eigenvalue weighted by Gasteiger charge is 2.46. The third-order valence-electron chi connectivity index (χ3n) is 3.52. The number of carbonyl (C=O) groups is 1. The molecular formula is C12H23N3O3. The third kappa shape index (κ3) is 2.75. The lowest BCUT2D eigenvalue weighted by Crippen LogP contribution is -2.54. The van der Waals surface area contributed by atoms with E-state index in [1.807, 2.05) is 13.8 Å². The topological polar surface area (TPSA) is 88.2 Å². The van der Waals surface area contributed by atoms with Crippen molar-refractivity contribution in [3.05, 3.63) is 0 Å². The molecule has 18 heavy (non-hydrogen) atoms. The SMILES string of the molecule is CCCN(CC)C(=O)C1(C(N)=NO)CCOCC1. The molecule has 6 nitrogen and oxygen atoms in total. The fraction of sp³-hybridized carbons (Fsp3) is 0.833. The lowest BCUT2D eigenvalue weighted by Gasteiger charge is -2.38. The van der Waals surface area contributed by atoms with E-state index in [9.17, 15) is 4.79 Å². The lowest BCUT2D eigenvalue weighted by molar-refractivity contribution is -0.142. The van der Waals surface area contributed by atoms with Gasteiger partial charge in [-0.1, -0.05) is 12.1 Å². The van der Waals surface area contributed by atoms with Gasteiger partial charge in [0.05, 0.1) is 0 Å². The van der Waals surface area contributed by atoms with Crippen molar-refractivity contribution in [2.75, 3.05) is 26.3 Å². The van der Waals surface area contributed by atoms with Gasteiger partial charge in [0, 0.05) is 26.3 Å². The van der Waals surface area contributed by atoms with E-state index in [2.05, 4.69) is 5.16 Å². The normalized spacial score (nSPS) is 19.6. The van der Waals surface area contributed by atoms with Gasteiger partial charge in [0.25, 0.3) is 0 Å². The molecule has 0 aromatic heterocycles. The van der Waals surface area contributed by atoms with Crippen LogP contribution in [-0.4, -0.2) is 48.2 Å². The Balaban J connectivity index is 2.98. The Morgan fingerprint density at radius 3 is 2.50 bits per heavy atom. The zero-order valence-corrected chi connectivity index (χ0v) is 11.2. The Labute approximate surface area is 108 Å². The van der Waals surface area contributed by atoms with Crippen molar-refractivity contribution in [2.45, 2.75) is 33.1 Å². The number of hydrogen-bond donors (Lipinski definition) is 2. The molecule has 0 aromatic rings. The van der Waals surface area contributed by atoms with Crippen LogP contribution in [0.3, 0.4) is 0 Å². The Hall–Kier alpha value is -1.30. The molecule has 0 radical (unpaired) electrons. The summed E-state index contributed by atoms with van der Waals surface area (Å²) in [6.45, 7) is 6.21. The van der Waals surface area contributed by atoms with Gasteiger partial charge in [-0.25, -0.2) is 0 Å². The summed E-state index contributed by atoms with van der Waals surface area (Å²) in [4.78, 5) is 14.4. The molecule has 1 rings (SSSR count). The van der Waals surface area contributed by atoms with Gasteiger partial charge in [-0.2, -0.15) is 0 Å². The summed E-state index contributed by atoms with van der Waals surface area (Å²) in [6, 6.07) is 0. The minimum atomic E-state index is -0.891. The van der Waals surface area contributed by atoms with Crippen LogP contribution in [0.2, 0.25) is 0 Å². The van der Waals surface area contributed by atoms with E-state index in [1.165, 1.54) is 0 Å². The number of oxime groups is 1. The predicted molar refractivity (Wildman–Crippen MR) is 68.4 cm³/mol. The van der Waals surface area contributed by atoms with E-state index in [0.29, 0.717) is 39.1 Å². The fourth-order valence-electron chi connectivity index (χ4n) is 2.37. The molecule has 1 saturated heterocycles. The van der Waals surface area contributed by atoms with E-state index in [4.69, 9.17) is 15.7 Å². The van der Waals surface area contributed by atoms with Crippen LogP contribution in [0.25, 0.3) is 0 Å². The minimum Gasteiger partial charge on any atom is -0.409 e. The van der Waals surface area contributed by atoms with Crippen LogP contribution in [0, 0.1) is 5.41 Å². The maximum Gasteiger partial charge on any atom is 0.236 e. The number of ether oxygens (including phenoxy) is 1. The van der Waals surface area contributed by atoms with E-state index in [1.54, 1.807) is 4.90 Å². The van der Waals surface area contributed by atoms with Crippen LogP contribution in [0.15, 0.2) is 5.16 Å². The van der Waals surface area contributed by atoms with Gasteiger partial charge in [-0.05, 0) is 26.2 Å². The molecule has 104 valence electrons. The summed E-state index contributed by atoms with van der Waals surface area (Å²) in [5.41, 5.74) is 4.88. The monoisotopic (exact) mass is 257 g/mol. The average molecular weight is 257 g/mol. The molecular weight excluding hydrogens is 234 g/mol. The predicted octanol–water partition coefficient (Wildman–Crippen LogP) is 0.788. The van der Waals surface area contributed by atoms with Gasteiger partial charge in [0.15, 0.2) is 5.84 Å². The molecule has 0 bridgehead atoms. The van der Waals surface area contributed by atoms with Crippen LogP contribution in [0.4, 0.5) is 0 Å². The number of carbonyl (C=O) groups excluding carboxylic acids is 1. The van der Waals surface area contributed by atoms with E-state index in [-0.39, 0.29) is 11.7 Å². The molecule has 0 spiro atoms. The van der Waals surface area contributed by atoms with Crippen molar-refractivity contribution >= 4 is 11.7 Å². The molecule has 1 heterocycles. The molecule has 6 heteroatoms. The van der Waals surface area contributed by atoms with Crippen molar-refractivity contribution in [1.29, 1.82) is 0 Å². The molecule has 0 aromatic carbocycles. The Morgan fingerprint density at radius 1 is 1.44 bits per heavy atom. The van der Waals surface area contributed by atoms with Crippen molar-refractivity contribution in [2.24, 2.45) is 16.3 Å². The molecule has 0 atom stereocenters. The highest BCUT2D eigenvalue weighted by atomic mass is 16.5. The fourth-order valence-corrected chi connectivity index (χ4v) is 2.37. The summed E-state index contributed by atoms with van der Waals surface area (Å²) in [5, 5.41) is 12.0. The first kappa shape index (κ1) is 14.8. The number of amides is 1. The molecule has 0 unspecified atom stereocenters. The number of hydrogen-bond acceptors (Lipinski definition) is 4. The van der Waals surface area contributed by atoms with Crippen LogP contribution >= 0.6 is 0 Å². The summed E-state index contributed by atoms with van der Waals surface area (Å²) in [7, 11) is 0. The average Bonchev–Trinajstić information content (AvgIpc) is 2.43. The zero-order chi connectivity index (χ0) is 13.6. The number of nitrogens with zero attached hydrogens (tertiary/aromatic N) is 2. The standard InChI is InChI=1S/C12H23N3O3/c1-3-7-15(4-2)11(16)12(10(13)14-17)5-8-18-9-6-12/h17H,3-9H2,1-2H3,(H2,13,14). The summed E-state index contributed by atoms with van der Waals surface area (Å²) in [6.07, 6.45) is 1.84. The maximum atomic E-state index is 12.6. The largest absolute Gasteiger partial charge is 0.409 e. The van der Waals surface area contributed by atoms with E-state index in [0.717, 1.165) is 6.42 Å².